The van der Waals surface area contributed by atoms with Gasteiger partial charge in [0.1, 0.15) is 5.76 Å². The number of aromatic nitrogens is 3. The minimum Gasteiger partial charge on any atom is -0.507 e. The van der Waals surface area contributed by atoms with Gasteiger partial charge < -0.3 is 5.11 Å². The number of nitro groups is 1. The smallest absolute Gasteiger partial charge is 0.301 e. The zero-order valence-electron chi connectivity index (χ0n) is 19.5. The van der Waals surface area contributed by atoms with Crippen molar-refractivity contribution in [2.24, 2.45) is 0 Å². The maximum atomic E-state index is 13.3. The number of amides is 1. The van der Waals surface area contributed by atoms with Crippen LogP contribution >= 0.6 is 46.3 Å². The molecule has 1 atom stereocenters. The largest absolute Gasteiger partial charge is 0.507 e. The Bertz CT molecular complexity index is 1650. The average molecular weight is 600 g/mol. The second kappa shape index (κ2) is 11.1. The standard InChI is InChI=1S/C25H15Cl2N5O5S2/c26-16-5-4-15(18(27)11-16)12-38-25-30-29-24(39-25)31-20(14-2-1-3-17(10-14)32(36)37)19(22(34)23(31)35)21(33)13-6-8-28-9-7-13/h1-11,20,33H,12H2/b21-19+. The summed E-state index contributed by atoms with van der Waals surface area (Å²) in [4.78, 5) is 42.5. The Morgan fingerprint density at radius 2 is 1.87 bits per heavy atom. The zero-order valence-corrected chi connectivity index (χ0v) is 22.7. The predicted octanol–water partition coefficient (Wildman–Crippen LogP) is 6.07. The summed E-state index contributed by atoms with van der Waals surface area (Å²) in [6.45, 7) is 0. The molecule has 1 fully saturated rings. The van der Waals surface area contributed by atoms with Crippen LogP contribution in [0.15, 0.2) is 76.9 Å². The summed E-state index contributed by atoms with van der Waals surface area (Å²) in [6, 6.07) is 12.4. The number of hydrogen-bond acceptors (Lipinski definition) is 10. The molecule has 14 heteroatoms. The fourth-order valence-corrected chi connectivity index (χ4v) is 6.38. The SMILES string of the molecule is O=C1C(=O)N(c2nnc(SCc3ccc(Cl)cc3Cl)s2)C(c2cccc([N+](=O)[O-])c2)/C1=C(\O)c1ccncc1. The number of thioether (sulfide) groups is 1. The fourth-order valence-electron chi connectivity index (χ4n) is 3.96. The Hall–Kier alpha value is -3.84. The van der Waals surface area contributed by atoms with E-state index in [1.54, 1.807) is 18.2 Å². The summed E-state index contributed by atoms with van der Waals surface area (Å²) in [5.41, 5.74) is 0.847. The van der Waals surface area contributed by atoms with Gasteiger partial charge in [-0.25, -0.2) is 0 Å². The number of pyridine rings is 1. The average Bonchev–Trinajstić information content (AvgIpc) is 3.50. The number of nitrogens with zero attached hydrogens (tertiary/aromatic N) is 5. The van der Waals surface area contributed by atoms with E-state index in [0.717, 1.165) is 21.8 Å². The van der Waals surface area contributed by atoms with Crippen molar-refractivity contribution in [1.29, 1.82) is 0 Å². The summed E-state index contributed by atoms with van der Waals surface area (Å²) >= 11 is 14.6. The number of hydrogen-bond donors (Lipinski definition) is 1. The van der Waals surface area contributed by atoms with Crippen LogP contribution < -0.4 is 4.90 Å². The first-order valence-electron chi connectivity index (χ1n) is 11.1. The Labute approximate surface area is 239 Å². The van der Waals surface area contributed by atoms with E-state index in [2.05, 4.69) is 15.2 Å². The van der Waals surface area contributed by atoms with E-state index in [0.29, 0.717) is 20.1 Å². The number of rotatable bonds is 7. The Morgan fingerprint density at radius 3 is 2.59 bits per heavy atom. The van der Waals surface area contributed by atoms with E-state index in [9.17, 15) is 24.8 Å². The van der Waals surface area contributed by atoms with Gasteiger partial charge in [-0.15, -0.1) is 10.2 Å². The van der Waals surface area contributed by atoms with Crippen LogP contribution in [0.1, 0.15) is 22.7 Å². The summed E-state index contributed by atoms with van der Waals surface area (Å²) in [6.07, 6.45) is 2.85. The molecule has 1 aliphatic heterocycles. The van der Waals surface area contributed by atoms with Crippen LogP contribution in [-0.4, -0.2) is 36.9 Å². The third kappa shape index (κ3) is 5.36. The van der Waals surface area contributed by atoms with E-state index in [-0.39, 0.29) is 27.5 Å². The van der Waals surface area contributed by atoms with E-state index in [4.69, 9.17) is 23.2 Å². The third-order valence-electron chi connectivity index (χ3n) is 5.76. The van der Waals surface area contributed by atoms with E-state index in [1.807, 2.05) is 0 Å². The lowest BCUT2D eigenvalue weighted by Gasteiger charge is -2.22. The van der Waals surface area contributed by atoms with Crippen LogP contribution in [0.25, 0.3) is 5.76 Å². The van der Waals surface area contributed by atoms with Gasteiger partial charge in [0, 0.05) is 45.9 Å². The van der Waals surface area contributed by atoms with Crippen molar-refractivity contribution < 1.29 is 19.6 Å². The lowest BCUT2D eigenvalue weighted by molar-refractivity contribution is -0.384. The number of aliphatic hydroxyl groups excluding tert-OH is 1. The number of anilines is 1. The fraction of sp³-hybridized carbons (Fsp3) is 0.0800. The molecule has 39 heavy (non-hydrogen) atoms. The molecule has 0 spiro atoms. The molecule has 0 saturated carbocycles. The molecule has 1 aliphatic rings. The molecule has 196 valence electrons. The molecule has 1 amide bonds. The van der Waals surface area contributed by atoms with Crippen LogP contribution in [-0.2, 0) is 15.3 Å². The van der Waals surface area contributed by atoms with Crippen molar-refractivity contribution >= 4 is 74.6 Å². The molecule has 0 bridgehead atoms. The Kier molecular flexibility index (Phi) is 7.62. The molecule has 2 aromatic heterocycles. The van der Waals surface area contributed by atoms with Gasteiger partial charge in [-0.1, -0.05) is 64.5 Å². The molecule has 3 heterocycles. The summed E-state index contributed by atoms with van der Waals surface area (Å²) in [5.74, 6) is -1.90. The van der Waals surface area contributed by atoms with Crippen molar-refractivity contribution in [3.05, 3.63) is 109 Å². The molecule has 10 nitrogen and oxygen atoms in total. The van der Waals surface area contributed by atoms with Crippen LogP contribution in [0.2, 0.25) is 10.0 Å². The van der Waals surface area contributed by atoms with E-state index < -0.39 is 28.4 Å². The van der Waals surface area contributed by atoms with Gasteiger partial charge in [-0.2, -0.15) is 0 Å². The van der Waals surface area contributed by atoms with Gasteiger partial charge >= 0.3 is 5.91 Å². The van der Waals surface area contributed by atoms with Crippen LogP contribution in [0.4, 0.5) is 10.8 Å². The van der Waals surface area contributed by atoms with Crippen molar-refractivity contribution in [2.75, 3.05) is 4.90 Å². The number of benzene rings is 2. The first-order chi connectivity index (χ1) is 18.7. The van der Waals surface area contributed by atoms with Gasteiger partial charge in [0.25, 0.3) is 11.5 Å². The van der Waals surface area contributed by atoms with Crippen LogP contribution in [0.5, 0.6) is 0 Å². The number of non-ortho nitro benzene ring substituents is 1. The van der Waals surface area contributed by atoms with E-state index in [1.165, 1.54) is 60.6 Å². The van der Waals surface area contributed by atoms with Crippen molar-refractivity contribution in [2.45, 2.75) is 16.1 Å². The Balaban J connectivity index is 1.55. The summed E-state index contributed by atoms with van der Waals surface area (Å²) < 4.78 is 0.491. The zero-order chi connectivity index (χ0) is 27.7. The number of ketones is 1. The maximum Gasteiger partial charge on any atom is 0.301 e. The van der Waals surface area contributed by atoms with Crippen molar-refractivity contribution in [1.82, 2.24) is 15.2 Å². The number of halogens is 2. The topological polar surface area (TPSA) is 139 Å². The first-order valence-corrected chi connectivity index (χ1v) is 13.7. The quantitative estimate of drug-likeness (QED) is 0.0509. The lowest BCUT2D eigenvalue weighted by atomic mass is 9.95. The summed E-state index contributed by atoms with van der Waals surface area (Å²) in [5, 5.41) is 31.9. The highest BCUT2D eigenvalue weighted by molar-refractivity contribution is 8.00. The number of Topliss-reactive ketones (excluding diaryl/α,β-unsaturated/α-hetero) is 1. The molecule has 4 aromatic rings. The predicted molar refractivity (Wildman–Crippen MR) is 148 cm³/mol. The first kappa shape index (κ1) is 26.8. The molecule has 5 rings (SSSR count). The minimum absolute atomic E-state index is 0.0899. The van der Waals surface area contributed by atoms with Gasteiger partial charge in [-0.3, -0.25) is 29.6 Å². The van der Waals surface area contributed by atoms with E-state index >= 15 is 0 Å². The highest BCUT2D eigenvalue weighted by Crippen LogP contribution is 2.44. The lowest BCUT2D eigenvalue weighted by Crippen LogP contribution is -2.29. The third-order valence-corrected chi connectivity index (χ3v) is 8.45. The minimum atomic E-state index is -1.19. The number of aliphatic hydroxyl groups is 1. The van der Waals surface area contributed by atoms with Gasteiger partial charge in [0.05, 0.1) is 16.5 Å². The second-order valence-corrected chi connectivity index (χ2v) is 11.2. The number of carbonyl (C=O) groups is 2. The molecule has 0 aliphatic carbocycles. The van der Waals surface area contributed by atoms with Crippen molar-refractivity contribution in [3.8, 4) is 0 Å². The molecular formula is C25H15Cl2N5O5S2. The molecule has 1 saturated heterocycles. The van der Waals surface area contributed by atoms with Crippen molar-refractivity contribution in [3.63, 3.8) is 0 Å². The Morgan fingerprint density at radius 1 is 1.10 bits per heavy atom. The van der Waals surface area contributed by atoms with Gasteiger partial charge in [0.15, 0.2) is 4.34 Å². The molecule has 1 unspecified atom stereocenters. The molecule has 0 radical (unpaired) electrons. The van der Waals surface area contributed by atoms with Crippen LogP contribution in [0.3, 0.4) is 0 Å². The van der Waals surface area contributed by atoms with Crippen LogP contribution in [0, 0.1) is 10.1 Å². The van der Waals surface area contributed by atoms with Gasteiger partial charge in [-0.05, 0) is 35.4 Å². The molecule has 2 aromatic carbocycles. The monoisotopic (exact) mass is 599 g/mol. The number of carbonyl (C=O) groups excluding carboxylic acids is 2. The second-order valence-electron chi connectivity index (χ2n) is 8.13. The highest BCUT2D eigenvalue weighted by atomic mass is 35.5. The molecule has 1 N–H and O–H groups in total. The van der Waals surface area contributed by atoms with Gasteiger partial charge in [0.2, 0.25) is 5.13 Å². The highest BCUT2D eigenvalue weighted by Gasteiger charge is 2.48. The summed E-state index contributed by atoms with van der Waals surface area (Å²) in [7, 11) is 0. The normalized spacial score (nSPS) is 16.6. The molecular weight excluding hydrogens is 585 g/mol. The maximum absolute atomic E-state index is 13.3. The number of nitro benzene ring substituents is 1.